The van der Waals surface area contributed by atoms with E-state index in [0.29, 0.717) is 20.6 Å². The third-order valence-corrected chi connectivity index (χ3v) is 4.11. The van der Waals surface area contributed by atoms with E-state index in [0.717, 1.165) is 0 Å². The Kier molecular flexibility index (Phi) is 4.57. The Bertz CT molecular complexity index is 879. The van der Waals surface area contributed by atoms with Gasteiger partial charge in [-0.25, -0.2) is 4.90 Å². The Morgan fingerprint density at radius 2 is 1.40 bits per heavy atom. The maximum absolute atomic E-state index is 12.5. The summed E-state index contributed by atoms with van der Waals surface area (Å²) in [6.07, 6.45) is 0. The number of amides is 3. The zero-order valence-corrected chi connectivity index (χ0v) is 14.0. The molecule has 8 heteroatoms. The highest BCUT2D eigenvalue weighted by Crippen LogP contribution is 2.26. The van der Waals surface area contributed by atoms with Crippen molar-refractivity contribution >= 4 is 58.1 Å². The van der Waals surface area contributed by atoms with E-state index in [1.807, 2.05) is 0 Å². The fourth-order valence-electron chi connectivity index (χ4n) is 2.39. The molecule has 1 atom stereocenters. The molecule has 0 radical (unpaired) electrons. The van der Waals surface area contributed by atoms with E-state index in [-0.39, 0.29) is 5.69 Å². The number of halogens is 2. The highest BCUT2D eigenvalue weighted by Gasteiger charge is 2.51. The van der Waals surface area contributed by atoms with Crippen LogP contribution in [0.5, 0.6) is 0 Å². The predicted octanol–water partition coefficient (Wildman–Crippen LogP) is 2.69. The lowest BCUT2D eigenvalue weighted by atomic mass is 10.1. The molecule has 1 aliphatic heterocycles. The van der Waals surface area contributed by atoms with Crippen LogP contribution in [0.15, 0.2) is 48.5 Å². The molecule has 2 aromatic rings. The number of anilines is 2. The van der Waals surface area contributed by atoms with Crippen LogP contribution in [0.4, 0.5) is 11.4 Å². The van der Waals surface area contributed by atoms with E-state index in [2.05, 4.69) is 5.32 Å². The molecule has 2 aromatic carbocycles. The van der Waals surface area contributed by atoms with Gasteiger partial charge in [-0.1, -0.05) is 23.2 Å². The minimum absolute atomic E-state index is 0.176. The fourth-order valence-corrected chi connectivity index (χ4v) is 2.64. The molecule has 0 aromatic heterocycles. The van der Waals surface area contributed by atoms with Crippen molar-refractivity contribution in [3.63, 3.8) is 0 Å². The van der Waals surface area contributed by atoms with E-state index in [1.165, 1.54) is 36.4 Å². The van der Waals surface area contributed by atoms with E-state index in [1.54, 1.807) is 12.1 Å². The number of Topliss-reactive ketones (excluding diaryl/α,β-unsaturated/α-hetero) is 1. The van der Waals surface area contributed by atoms with Crippen molar-refractivity contribution in [2.75, 3.05) is 10.2 Å². The van der Waals surface area contributed by atoms with Gasteiger partial charge in [0, 0.05) is 15.7 Å². The Hall–Kier alpha value is -2.70. The lowest BCUT2D eigenvalue weighted by molar-refractivity contribution is -0.139. The van der Waals surface area contributed by atoms with E-state index >= 15 is 0 Å². The summed E-state index contributed by atoms with van der Waals surface area (Å²) in [6, 6.07) is 11.9. The van der Waals surface area contributed by atoms with Crippen molar-refractivity contribution in [2.45, 2.75) is 0 Å². The van der Waals surface area contributed by atoms with Crippen LogP contribution >= 0.6 is 23.2 Å². The van der Waals surface area contributed by atoms with Gasteiger partial charge in [0.2, 0.25) is 11.7 Å². The molecule has 3 rings (SSSR count). The molecule has 0 saturated carbocycles. The third-order valence-electron chi connectivity index (χ3n) is 3.60. The van der Waals surface area contributed by atoms with Crippen molar-refractivity contribution in [2.24, 2.45) is 5.92 Å². The topological polar surface area (TPSA) is 83.6 Å². The molecule has 3 amide bonds. The van der Waals surface area contributed by atoms with Gasteiger partial charge in [-0.2, -0.15) is 0 Å². The van der Waals surface area contributed by atoms with Gasteiger partial charge in [0.05, 0.1) is 5.69 Å². The number of carbonyl (C=O) groups excluding carboxylic acids is 4. The molecule has 0 bridgehead atoms. The van der Waals surface area contributed by atoms with E-state index in [4.69, 9.17) is 23.2 Å². The zero-order chi connectivity index (χ0) is 18.1. The first kappa shape index (κ1) is 17.1. The van der Waals surface area contributed by atoms with Crippen molar-refractivity contribution in [3.8, 4) is 0 Å². The third kappa shape index (κ3) is 3.26. The lowest BCUT2D eigenvalue weighted by Crippen LogP contribution is -2.34. The molecule has 6 nitrogen and oxygen atoms in total. The quantitative estimate of drug-likeness (QED) is 0.507. The summed E-state index contributed by atoms with van der Waals surface area (Å²) < 4.78 is 0. The second kappa shape index (κ2) is 6.66. The van der Waals surface area contributed by atoms with Crippen molar-refractivity contribution in [1.82, 2.24) is 0 Å². The maximum atomic E-state index is 12.5. The van der Waals surface area contributed by atoms with Gasteiger partial charge in [0.1, 0.15) is 0 Å². The Balaban J connectivity index is 1.84. The lowest BCUT2D eigenvalue weighted by Gasteiger charge is -2.14. The molecule has 1 heterocycles. The fraction of sp³-hybridized carbons (Fsp3) is 0.0588. The Labute approximate surface area is 152 Å². The van der Waals surface area contributed by atoms with Crippen molar-refractivity contribution < 1.29 is 19.2 Å². The summed E-state index contributed by atoms with van der Waals surface area (Å²) in [5.41, 5.74) is 0.530. The van der Waals surface area contributed by atoms with Crippen LogP contribution in [0, 0.1) is 5.92 Å². The Morgan fingerprint density at radius 3 is 1.96 bits per heavy atom. The summed E-state index contributed by atoms with van der Waals surface area (Å²) in [7, 11) is 0. The molecule has 126 valence electrons. The highest BCUT2D eigenvalue weighted by atomic mass is 35.5. The Morgan fingerprint density at radius 1 is 0.880 bits per heavy atom. The number of benzene rings is 2. The van der Waals surface area contributed by atoms with Gasteiger partial charge >= 0.3 is 5.91 Å². The minimum atomic E-state index is -1.72. The first-order chi connectivity index (χ1) is 11.9. The van der Waals surface area contributed by atoms with E-state index in [9.17, 15) is 19.2 Å². The van der Waals surface area contributed by atoms with Crippen LogP contribution < -0.4 is 10.2 Å². The summed E-state index contributed by atoms with van der Waals surface area (Å²) in [5.74, 6) is -5.63. The van der Waals surface area contributed by atoms with Crippen LogP contribution in [-0.4, -0.2) is 23.5 Å². The van der Waals surface area contributed by atoms with Crippen molar-refractivity contribution in [1.29, 1.82) is 0 Å². The van der Waals surface area contributed by atoms with Gasteiger partial charge in [-0.05, 0) is 48.5 Å². The normalized spacial score (nSPS) is 17.1. The molecule has 0 aliphatic carbocycles. The van der Waals surface area contributed by atoms with Crippen LogP contribution in [-0.2, 0) is 19.2 Å². The monoisotopic (exact) mass is 376 g/mol. The minimum Gasteiger partial charge on any atom is -0.325 e. The van der Waals surface area contributed by atoms with Crippen LogP contribution in [0.25, 0.3) is 0 Å². The van der Waals surface area contributed by atoms with Crippen LogP contribution in [0.3, 0.4) is 0 Å². The predicted molar refractivity (Wildman–Crippen MR) is 92.5 cm³/mol. The first-order valence-electron chi connectivity index (χ1n) is 7.12. The number of nitrogens with one attached hydrogen (secondary N) is 1. The second-order valence-electron chi connectivity index (χ2n) is 5.25. The SMILES string of the molecule is O=C(Nc1ccc(Cl)cc1)C1C(=O)C(=O)N(c2ccc(Cl)cc2)C1=O. The summed E-state index contributed by atoms with van der Waals surface area (Å²) in [4.78, 5) is 49.7. The van der Waals surface area contributed by atoms with Gasteiger partial charge in [0.15, 0.2) is 5.92 Å². The van der Waals surface area contributed by atoms with Gasteiger partial charge < -0.3 is 5.32 Å². The average molecular weight is 377 g/mol. The molecular weight excluding hydrogens is 367 g/mol. The summed E-state index contributed by atoms with van der Waals surface area (Å²) in [6.45, 7) is 0. The molecule has 1 N–H and O–H groups in total. The number of rotatable bonds is 3. The van der Waals surface area contributed by atoms with Gasteiger partial charge in [-0.15, -0.1) is 0 Å². The maximum Gasteiger partial charge on any atom is 0.302 e. The number of ketones is 1. The summed E-state index contributed by atoms with van der Waals surface area (Å²) in [5, 5.41) is 3.31. The van der Waals surface area contributed by atoms with Crippen LogP contribution in [0.1, 0.15) is 0 Å². The highest BCUT2D eigenvalue weighted by molar-refractivity contribution is 6.60. The second-order valence-corrected chi connectivity index (χ2v) is 6.12. The zero-order valence-electron chi connectivity index (χ0n) is 12.5. The molecule has 25 heavy (non-hydrogen) atoms. The largest absolute Gasteiger partial charge is 0.325 e. The average Bonchev–Trinajstić information content (AvgIpc) is 2.80. The number of nitrogens with zero attached hydrogens (tertiary/aromatic N) is 1. The molecule has 1 unspecified atom stereocenters. The molecule has 1 fully saturated rings. The molecular formula is C17H10Cl2N2O4. The number of carbonyl (C=O) groups is 4. The number of hydrogen-bond donors (Lipinski definition) is 1. The smallest absolute Gasteiger partial charge is 0.302 e. The van der Waals surface area contributed by atoms with Gasteiger partial charge in [-0.3, -0.25) is 19.2 Å². The standard InChI is InChI=1S/C17H10Cl2N2O4/c18-9-1-5-11(6-2-9)20-15(23)13-14(22)17(25)21(16(13)24)12-7-3-10(19)4-8-12/h1-8,13H,(H,20,23). The molecule has 1 saturated heterocycles. The van der Waals surface area contributed by atoms with E-state index < -0.39 is 29.4 Å². The van der Waals surface area contributed by atoms with Crippen LogP contribution in [0.2, 0.25) is 10.0 Å². The molecule has 0 spiro atoms. The number of imide groups is 1. The molecule has 1 aliphatic rings. The summed E-state index contributed by atoms with van der Waals surface area (Å²) >= 11 is 11.5. The van der Waals surface area contributed by atoms with Gasteiger partial charge in [0.25, 0.3) is 5.91 Å². The van der Waals surface area contributed by atoms with Crippen molar-refractivity contribution in [3.05, 3.63) is 58.6 Å². The first-order valence-corrected chi connectivity index (χ1v) is 7.88. The number of hydrogen-bond acceptors (Lipinski definition) is 4.